The molecule has 3 nitrogen and oxygen atoms in total. The highest BCUT2D eigenvalue weighted by atomic mass is 15.1. The van der Waals surface area contributed by atoms with Crippen molar-refractivity contribution in [3.05, 3.63) is 0 Å². The van der Waals surface area contributed by atoms with Crippen molar-refractivity contribution in [2.24, 2.45) is 11.8 Å². The molecule has 0 aliphatic carbocycles. The summed E-state index contributed by atoms with van der Waals surface area (Å²) in [6.45, 7) is 5.06. The van der Waals surface area contributed by atoms with Crippen molar-refractivity contribution in [2.75, 3.05) is 47.3 Å². The van der Waals surface area contributed by atoms with Crippen LogP contribution in [0.15, 0.2) is 0 Å². The van der Waals surface area contributed by atoms with E-state index in [1.54, 1.807) is 0 Å². The molecule has 0 aromatic heterocycles. The Balaban J connectivity index is 1.86. The molecule has 0 spiro atoms. The van der Waals surface area contributed by atoms with Crippen LogP contribution in [0.25, 0.3) is 0 Å². The van der Waals surface area contributed by atoms with Gasteiger partial charge in [-0.2, -0.15) is 0 Å². The van der Waals surface area contributed by atoms with E-state index in [-0.39, 0.29) is 0 Å². The molecule has 2 saturated heterocycles. The first-order valence-electron chi connectivity index (χ1n) is 7.72. The third kappa shape index (κ3) is 3.94. The summed E-state index contributed by atoms with van der Waals surface area (Å²) in [7, 11) is 6.81. The third-order valence-electron chi connectivity index (χ3n) is 4.94. The highest BCUT2D eigenvalue weighted by molar-refractivity contribution is 4.84. The lowest BCUT2D eigenvalue weighted by Gasteiger charge is -2.40. The van der Waals surface area contributed by atoms with Crippen LogP contribution < -0.4 is 5.32 Å². The van der Waals surface area contributed by atoms with Gasteiger partial charge in [-0.1, -0.05) is 0 Å². The van der Waals surface area contributed by atoms with E-state index in [9.17, 15) is 0 Å². The number of nitrogens with zero attached hydrogens (tertiary/aromatic N) is 2. The zero-order valence-electron chi connectivity index (χ0n) is 12.5. The third-order valence-corrected chi connectivity index (χ3v) is 4.94. The van der Waals surface area contributed by atoms with Gasteiger partial charge in [-0.15, -0.1) is 0 Å². The Morgan fingerprint density at radius 2 is 1.94 bits per heavy atom. The normalized spacial score (nSPS) is 29.7. The lowest BCUT2D eigenvalue weighted by Crippen LogP contribution is -2.44. The Morgan fingerprint density at radius 3 is 2.50 bits per heavy atom. The van der Waals surface area contributed by atoms with Crippen molar-refractivity contribution in [2.45, 2.75) is 38.1 Å². The second-order valence-electron chi connectivity index (χ2n) is 6.62. The molecule has 2 unspecified atom stereocenters. The van der Waals surface area contributed by atoms with Crippen molar-refractivity contribution in [3.8, 4) is 0 Å². The van der Waals surface area contributed by atoms with Crippen molar-refractivity contribution in [3.63, 3.8) is 0 Å². The maximum atomic E-state index is 3.56. The van der Waals surface area contributed by atoms with Crippen LogP contribution in [0, 0.1) is 11.8 Å². The second-order valence-corrected chi connectivity index (χ2v) is 6.62. The first-order chi connectivity index (χ1) is 8.66. The topological polar surface area (TPSA) is 18.5 Å². The van der Waals surface area contributed by atoms with Gasteiger partial charge < -0.3 is 15.1 Å². The van der Waals surface area contributed by atoms with Gasteiger partial charge >= 0.3 is 0 Å². The maximum absolute atomic E-state index is 3.56. The van der Waals surface area contributed by atoms with Gasteiger partial charge in [0.1, 0.15) is 0 Å². The number of nitrogens with one attached hydrogen (secondary N) is 1. The zero-order valence-corrected chi connectivity index (χ0v) is 12.5. The van der Waals surface area contributed by atoms with Gasteiger partial charge in [0.15, 0.2) is 0 Å². The number of hydrogen-bond acceptors (Lipinski definition) is 3. The van der Waals surface area contributed by atoms with E-state index in [0.29, 0.717) is 0 Å². The highest BCUT2D eigenvalue weighted by Crippen LogP contribution is 2.28. The summed E-state index contributed by atoms with van der Waals surface area (Å²) in [5, 5.41) is 3.56. The molecule has 2 atom stereocenters. The Bertz CT molecular complexity index is 228. The molecule has 18 heavy (non-hydrogen) atoms. The van der Waals surface area contributed by atoms with Crippen molar-refractivity contribution < 1.29 is 0 Å². The predicted molar refractivity (Wildman–Crippen MR) is 77.9 cm³/mol. The molecule has 0 aromatic rings. The fourth-order valence-corrected chi connectivity index (χ4v) is 3.70. The molecule has 0 bridgehead atoms. The molecule has 0 saturated carbocycles. The first-order valence-corrected chi connectivity index (χ1v) is 7.72. The van der Waals surface area contributed by atoms with Gasteiger partial charge in [-0.3, -0.25) is 0 Å². The lowest BCUT2D eigenvalue weighted by atomic mass is 9.82. The van der Waals surface area contributed by atoms with Gasteiger partial charge in [0.2, 0.25) is 0 Å². The summed E-state index contributed by atoms with van der Waals surface area (Å²) in [4.78, 5) is 4.97. The van der Waals surface area contributed by atoms with Gasteiger partial charge in [0.05, 0.1) is 0 Å². The quantitative estimate of drug-likeness (QED) is 0.822. The molecule has 2 fully saturated rings. The van der Waals surface area contributed by atoms with Crippen LogP contribution in [0.3, 0.4) is 0 Å². The van der Waals surface area contributed by atoms with E-state index in [4.69, 9.17) is 0 Å². The smallest absolute Gasteiger partial charge is 0.0121 e. The zero-order chi connectivity index (χ0) is 13.0. The molecule has 3 heteroatoms. The van der Waals surface area contributed by atoms with E-state index in [0.717, 1.165) is 17.9 Å². The van der Waals surface area contributed by atoms with E-state index in [1.807, 2.05) is 0 Å². The summed E-state index contributed by atoms with van der Waals surface area (Å²) >= 11 is 0. The number of likely N-dealkylation sites (tertiary alicyclic amines) is 1. The van der Waals surface area contributed by atoms with E-state index < -0.39 is 0 Å². The molecule has 2 aliphatic heterocycles. The lowest BCUT2D eigenvalue weighted by molar-refractivity contribution is 0.108. The van der Waals surface area contributed by atoms with E-state index in [2.05, 4.69) is 36.3 Å². The van der Waals surface area contributed by atoms with Gasteiger partial charge in [0.25, 0.3) is 0 Å². The van der Waals surface area contributed by atoms with Crippen LogP contribution in [-0.4, -0.2) is 63.2 Å². The minimum absolute atomic E-state index is 0.795. The summed E-state index contributed by atoms with van der Waals surface area (Å²) in [5.74, 6) is 1.82. The monoisotopic (exact) mass is 253 g/mol. The maximum Gasteiger partial charge on any atom is 0.0121 e. The fourth-order valence-electron chi connectivity index (χ4n) is 3.70. The van der Waals surface area contributed by atoms with Gasteiger partial charge in [-0.25, -0.2) is 0 Å². The molecule has 1 N–H and O–H groups in total. The second kappa shape index (κ2) is 6.88. The molecular weight excluding hydrogens is 222 g/mol. The first kappa shape index (κ1) is 14.3. The van der Waals surface area contributed by atoms with Crippen LogP contribution in [0.4, 0.5) is 0 Å². The van der Waals surface area contributed by atoms with Gasteiger partial charge in [-0.05, 0) is 91.3 Å². The average Bonchev–Trinajstić information content (AvgIpc) is 2.38. The molecule has 0 radical (unpaired) electrons. The standard InChI is InChI=1S/C15H31N3/c1-17(2)15(11-13-5-4-8-16-12-13)14-6-9-18(3)10-7-14/h13-16H,4-12H2,1-3H3. The van der Waals surface area contributed by atoms with Crippen LogP contribution in [0.2, 0.25) is 0 Å². The Hall–Kier alpha value is -0.120. The summed E-state index contributed by atoms with van der Waals surface area (Å²) in [5.41, 5.74) is 0. The number of piperidine rings is 2. The van der Waals surface area contributed by atoms with Crippen LogP contribution in [-0.2, 0) is 0 Å². The average molecular weight is 253 g/mol. The summed E-state index contributed by atoms with van der Waals surface area (Å²) in [6.07, 6.45) is 6.98. The van der Waals surface area contributed by atoms with Crippen molar-refractivity contribution in [1.82, 2.24) is 15.1 Å². The predicted octanol–water partition coefficient (Wildman–Crippen LogP) is 1.65. The molecule has 0 amide bonds. The Morgan fingerprint density at radius 1 is 1.22 bits per heavy atom. The van der Waals surface area contributed by atoms with Crippen LogP contribution in [0.5, 0.6) is 0 Å². The molecule has 2 heterocycles. The summed E-state index contributed by atoms with van der Waals surface area (Å²) in [6, 6.07) is 0.795. The van der Waals surface area contributed by atoms with Crippen LogP contribution in [0.1, 0.15) is 32.1 Å². The molecule has 2 rings (SSSR count). The Labute approximate surface area is 113 Å². The molecule has 0 aromatic carbocycles. The Kier molecular flexibility index (Phi) is 5.46. The molecule has 2 aliphatic rings. The molecule has 106 valence electrons. The SMILES string of the molecule is CN1CCC(C(CC2CCCNC2)N(C)C)CC1. The number of rotatable bonds is 4. The highest BCUT2D eigenvalue weighted by Gasteiger charge is 2.29. The van der Waals surface area contributed by atoms with E-state index in [1.165, 1.54) is 58.3 Å². The van der Waals surface area contributed by atoms with Crippen molar-refractivity contribution in [1.29, 1.82) is 0 Å². The molecular formula is C15H31N3. The van der Waals surface area contributed by atoms with Gasteiger partial charge in [0, 0.05) is 6.04 Å². The summed E-state index contributed by atoms with van der Waals surface area (Å²) < 4.78 is 0. The fraction of sp³-hybridized carbons (Fsp3) is 1.00. The van der Waals surface area contributed by atoms with Crippen LogP contribution >= 0.6 is 0 Å². The minimum atomic E-state index is 0.795. The van der Waals surface area contributed by atoms with Crippen molar-refractivity contribution >= 4 is 0 Å². The van der Waals surface area contributed by atoms with E-state index >= 15 is 0 Å². The minimum Gasteiger partial charge on any atom is -0.316 e. The largest absolute Gasteiger partial charge is 0.316 e. The number of hydrogen-bond donors (Lipinski definition) is 1.